The third-order valence-corrected chi connectivity index (χ3v) is 2.40. The summed E-state index contributed by atoms with van der Waals surface area (Å²) in [5.41, 5.74) is 2.17. The number of hydrogen-bond acceptors (Lipinski definition) is 2. The molecular formula is C11H13BrN2. The van der Waals surface area contributed by atoms with Gasteiger partial charge in [-0.15, -0.1) is 0 Å². The third-order valence-electron chi connectivity index (χ3n) is 1.95. The zero-order valence-corrected chi connectivity index (χ0v) is 9.93. The van der Waals surface area contributed by atoms with E-state index in [0.717, 1.165) is 16.6 Å². The van der Waals surface area contributed by atoms with Crippen molar-refractivity contribution in [1.82, 2.24) is 0 Å². The molecule has 0 aliphatic rings. The van der Waals surface area contributed by atoms with Crippen LogP contribution in [0, 0.1) is 18.3 Å². The van der Waals surface area contributed by atoms with E-state index in [0.29, 0.717) is 0 Å². The summed E-state index contributed by atoms with van der Waals surface area (Å²) in [6.07, 6.45) is 0.808. The highest BCUT2D eigenvalue weighted by atomic mass is 79.9. The van der Waals surface area contributed by atoms with E-state index >= 15 is 0 Å². The van der Waals surface area contributed by atoms with Crippen molar-refractivity contribution in [2.75, 3.05) is 5.32 Å². The molecule has 1 unspecified atom stereocenters. The standard InChI is InChI=1S/C11H13BrN2/c1-3-10(7-13)14-11-5-8(2)4-9(12)6-11/h4-6,10,14H,3H2,1-2H3. The second kappa shape index (κ2) is 5.02. The van der Waals surface area contributed by atoms with Gasteiger partial charge in [-0.1, -0.05) is 22.9 Å². The number of nitrogens with zero attached hydrogens (tertiary/aromatic N) is 1. The van der Waals surface area contributed by atoms with Crippen molar-refractivity contribution in [3.05, 3.63) is 28.2 Å². The van der Waals surface area contributed by atoms with Gasteiger partial charge in [-0.2, -0.15) is 5.26 Å². The molecule has 1 atom stereocenters. The van der Waals surface area contributed by atoms with Crippen LogP contribution in [-0.4, -0.2) is 6.04 Å². The van der Waals surface area contributed by atoms with Crippen LogP contribution >= 0.6 is 15.9 Å². The summed E-state index contributed by atoms with van der Waals surface area (Å²) in [5, 5.41) is 12.0. The van der Waals surface area contributed by atoms with Crippen molar-refractivity contribution in [2.24, 2.45) is 0 Å². The summed E-state index contributed by atoms with van der Waals surface area (Å²) < 4.78 is 1.03. The molecule has 1 N–H and O–H groups in total. The van der Waals surface area contributed by atoms with Gasteiger partial charge in [-0.25, -0.2) is 0 Å². The van der Waals surface area contributed by atoms with Gasteiger partial charge in [0.25, 0.3) is 0 Å². The summed E-state index contributed by atoms with van der Waals surface area (Å²) in [6.45, 7) is 4.02. The quantitative estimate of drug-likeness (QED) is 0.895. The molecule has 0 aliphatic heterocycles. The highest BCUT2D eigenvalue weighted by molar-refractivity contribution is 9.10. The summed E-state index contributed by atoms with van der Waals surface area (Å²) >= 11 is 3.42. The lowest BCUT2D eigenvalue weighted by atomic mass is 10.2. The van der Waals surface area contributed by atoms with E-state index < -0.39 is 0 Å². The third kappa shape index (κ3) is 3.04. The van der Waals surface area contributed by atoms with Crippen LogP contribution in [0.5, 0.6) is 0 Å². The first kappa shape index (κ1) is 11.1. The number of halogens is 1. The predicted octanol–water partition coefficient (Wildman–Crippen LogP) is 3.47. The Morgan fingerprint density at radius 3 is 2.71 bits per heavy atom. The Kier molecular flexibility index (Phi) is 3.97. The number of nitriles is 1. The molecule has 0 heterocycles. The lowest BCUT2D eigenvalue weighted by Crippen LogP contribution is -2.15. The van der Waals surface area contributed by atoms with Gasteiger partial charge in [0, 0.05) is 10.2 Å². The van der Waals surface area contributed by atoms with Crippen LogP contribution in [0.2, 0.25) is 0 Å². The van der Waals surface area contributed by atoms with Gasteiger partial charge in [0.2, 0.25) is 0 Å². The largest absolute Gasteiger partial charge is 0.370 e. The first-order chi connectivity index (χ1) is 6.65. The Balaban J connectivity index is 2.82. The smallest absolute Gasteiger partial charge is 0.114 e. The van der Waals surface area contributed by atoms with Crippen LogP contribution in [0.3, 0.4) is 0 Å². The molecule has 0 fully saturated rings. The molecular weight excluding hydrogens is 240 g/mol. The van der Waals surface area contributed by atoms with Crippen LogP contribution in [0.25, 0.3) is 0 Å². The van der Waals surface area contributed by atoms with Gasteiger partial charge >= 0.3 is 0 Å². The van der Waals surface area contributed by atoms with Gasteiger partial charge in [0.1, 0.15) is 6.04 Å². The fraction of sp³-hybridized carbons (Fsp3) is 0.364. The molecule has 1 rings (SSSR count). The first-order valence-electron chi connectivity index (χ1n) is 4.59. The minimum atomic E-state index is -0.108. The van der Waals surface area contributed by atoms with Crippen molar-refractivity contribution < 1.29 is 0 Å². The van der Waals surface area contributed by atoms with Gasteiger partial charge < -0.3 is 5.32 Å². The summed E-state index contributed by atoms with van der Waals surface area (Å²) in [7, 11) is 0. The minimum absolute atomic E-state index is 0.108. The molecule has 1 aromatic carbocycles. The van der Waals surface area contributed by atoms with Crippen LogP contribution in [0.4, 0.5) is 5.69 Å². The number of hydrogen-bond donors (Lipinski definition) is 1. The maximum atomic E-state index is 8.80. The molecule has 0 aromatic heterocycles. The number of anilines is 1. The van der Waals surface area contributed by atoms with E-state index in [2.05, 4.69) is 27.3 Å². The molecule has 0 saturated heterocycles. The van der Waals surface area contributed by atoms with E-state index in [-0.39, 0.29) is 6.04 Å². The predicted molar refractivity (Wildman–Crippen MR) is 62.2 cm³/mol. The molecule has 0 aliphatic carbocycles. The Morgan fingerprint density at radius 2 is 2.21 bits per heavy atom. The zero-order chi connectivity index (χ0) is 10.6. The molecule has 0 spiro atoms. The monoisotopic (exact) mass is 252 g/mol. The van der Waals surface area contributed by atoms with Crippen LogP contribution in [0.1, 0.15) is 18.9 Å². The van der Waals surface area contributed by atoms with Gasteiger partial charge in [0.05, 0.1) is 6.07 Å². The Labute approximate surface area is 93.1 Å². The van der Waals surface area contributed by atoms with Gasteiger partial charge in [0.15, 0.2) is 0 Å². The Bertz CT molecular complexity index is 335. The Hall–Kier alpha value is -1.01. The van der Waals surface area contributed by atoms with Crippen molar-refractivity contribution in [3.8, 4) is 6.07 Å². The SMILES string of the molecule is CCC(C#N)Nc1cc(C)cc(Br)c1. The van der Waals surface area contributed by atoms with E-state index in [4.69, 9.17) is 5.26 Å². The second-order valence-electron chi connectivity index (χ2n) is 3.25. The van der Waals surface area contributed by atoms with Crippen LogP contribution in [0.15, 0.2) is 22.7 Å². The molecule has 3 heteroatoms. The average Bonchev–Trinajstić information content (AvgIpc) is 2.12. The van der Waals surface area contributed by atoms with Gasteiger partial charge in [-0.05, 0) is 37.1 Å². The van der Waals surface area contributed by atoms with Crippen LogP contribution in [-0.2, 0) is 0 Å². The second-order valence-corrected chi connectivity index (χ2v) is 4.17. The summed E-state index contributed by atoms with van der Waals surface area (Å²) in [5.74, 6) is 0. The lowest BCUT2D eigenvalue weighted by molar-refractivity contribution is 0.845. The lowest BCUT2D eigenvalue weighted by Gasteiger charge is -2.11. The number of nitrogens with one attached hydrogen (secondary N) is 1. The van der Waals surface area contributed by atoms with Crippen molar-refractivity contribution in [2.45, 2.75) is 26.3 Å². The number of benzene rings is 1. The molecule has 0 amide bonds. The maximum absolute atomic E-state index is 8.80. The number of aryl methyl sites for hydroxylation is 1. The minimum Gasteiger partial charge on any atom is -0.370 e. The fourth-order valence-electron chi connectivity index (χ4n) is 1.25. The maximum Gasteiger partial charge on any atom is 0.114 e. The summed E-state index contributed by atoms with van der Waals surface area (Å²) in [4.78, 5) is 0. The van der Waals surface area contributed by atoms with Crippen molar-refractivity contribution >= 4 is 21.6 Å². The zero-order valence-electron chi connectivity index (χ0n) is 8.34. The van der Waals surface area contributed by atoms with Gasteiger partial charge in [-0.3, -0.25) is 0 Å². The fourth-order valence-corrected chi connectivity index (χ4v) is 1.85. The first-order valence-corrected chi connectivity index (χ1v) is 5.38. The summed E-state index contributed by atoms with van der Waals surface area (Å²) in [6, 6.07) is 8.16. The van der Waals surface area contributed by atoms with Crippen LogP contribution < -0.4 is 5.32 Å². The van der Waals surface area contributed by atoms with E-state index in [1.54, 1.807) is 0 Å². The molecule has 0 bridgehead atoms. The molecule has 14 heavy (non-hydrogen) atoms. The molecule has 0 radical (unpaired) electrons. The number of rotatable bonds is 3. The van der Waals surface area contributed by atoms with Crippen molar-refractivity contribution in [3.63, 3.8) is 0 Å². The Morgan fingerprint density at radius 1 is 1.50 bits per heavy atom. The highest BCUT2D eigenvalue weighted by Gasteiger charge is 2.04. The average molecular weight is 253 g/mol. The van der Waals surface area contributed by atoms with E-state index in [1.165, 1.54) is 5.56 Å². The van der Waals surface area contributed by atoms with E-state index in [1.807, 2.05) is 32.0 Å². The highest BCUT2D eigenvalue weighted by Crippen LogP contribution is 2.19. The molecule has 1 aromatic rings. The van der Waals surface area contributed by atoms with E-state index in [9.17, 15) is 0 Å². The molecule has 0 saturated carbocycles. The normalized spacial score (nSPS) is 11.9. The molecule has 74 valence electrons. The molecule has 2 nitrogen and oxygen atoms in total. The topological polar surface area (TPSA) is 35.8 Å². The van der Waals surface area contributed by atoms with Crippen molar-refractivity contribution in [1.29, 1.82) is 5.26 Å².